The maximum absolute atomic E-state index is 12.3. The average Bonchev–Trinajstić information content (AvgIpc) is 2.96. The summed E-state index contributed by atoms with van der Waals surface area (Å²) in [4.78, 5) is 12.3. The van der Waals surface area contributed by atoms with Crippen molar-refractivity contribution in [2.45, 2.75) is 45.1 Å². The molecule has 4 heteroatoms. The number of rotatable bonds is 5. The second kappa shape index (κ2) is 7.65. The Balaban J connectivity index is 1.69. The van der Waals surface area contributed by atoms with Crippen molar-refractivity contribution < 1.29 is 19.7 Å². The topological polar surface area (TPSA) is 66.8 Å². The predicted molar refractivity (Wildman–Crippen MR) is 100 cm³/mol. The van der Waals surface area contributed by atoms with Crippen molar-refractivity contribution in [2.75, 3.05) is 0 Å². The van der Waals surface area contributed by atoms with Crippen molar-refractivity contribution in [1.29, 1.82) is 0 Å². The number of hydrogen-bond donors (Lipinski definition) is 2. The molecule has 0 saturated carbocycles. The molecule has 0 aromatic heterocycles. The lowest BCUT2D eigenvalue weighted by Crippen LogP contribution is -2.10. The van der Waals surface area contributed by atoms with Gasteiger partial charge in [0.1, 0.15) is 17.6 Å². The van der Waals surface area contributed by atoms with E-state index in [2.05, 4.69) is 6.08 Å². The van der Waals surface area contributed by atoms with Crippen LogP contribution in [0.4, 0.5) is 0 Å². The van der Waals surface area contributed by atoms with Gasteiger partial charge in [0.05, 0.1) is 5.92 Å². The molecule has 3 rings (SSSR count). The maximum atomic E-state index is 12.3. The molecule has 2 N–H and O–H groups in total. The lowest BCUT2D eigenvalue weighted by Gasteiger charge is -2.10. The van der Waals surface area contributed by atoms with Gasteiger partial charge in [-0.05, 0) is 55.2 Å². The molecule has 2 atom stereocenters. The number of phenols is 2. The molecule has 1 fully saturated rings. The normalized spacial score (nSPS) is 19.2. The Kier molecular flexibility index (Phi) is 5.31. The molecule has 0 spiro atoms. The molecule has 4 nitrogen and oxygen atoms in total. The van der Waals surface area contributed by atoms with Crippen LogP contribution in [0.5, 0.6) is 11.5 Å². The van der Waals surface area contributed by atoms with E-state index in [9.17, 15) is 15.0 Å². The van der Waals surface area contributed by atoms with Crippen LogP contribution in [0.2, 0.25) is 0 Å². The molecule has 1 saturated heterocycles. The number of aromatic hydroxyl groups is 2. The van der Waals surface area contributed by atoms with Crippen molar-refractivity contribution in [3.05, 3.63) is 70.8 Å². The number of ether oxygens (including phenoxy) is 1. The fourth-order valence-electron chi connectivity index (χ4n) is 3.23. The summed E-state index contributed by atoms with van der Waals surface area (Å²) in [5.74, 6) is -0.153. The predicted octanol–water partition coefficient (Wildman–Crippen LogP) is 4.25. The van der Waals surface area contributed by atoms with Gasteiger partial charge in [0.25, 0.3) is 0 Å². The highest BCUT2D eigenvalue weighted by Gasteiger charge is 2.35. The smallest absolute Gasteiger partial charge is 0.313 e. The standard InChI is InChI=1S/C22H24O4/c1-14(2)3-6-16-7-8-17(12-21(16)24)20-13-19(26-22(20)25)11-15-4-9-18(23)10-5-15/h3-5,7-10,12,19-20,23-24H,6,11,13H2,1-2H3. The number of benzene rings is 2. The Morgan fingerprint density at radius 3 is 2.54 bits per heavy atom. The number of esters is 1. The minimum absolute atomic E-state index is 0.190. The summed E-state index contributed by atoms with van der Waals surface area (Å²) < 4.78 is 5.52. The number of hydrogen-bond acceptors (Lipinski definition) is 4. The van der Waals surface area contributed by atoms with Crippen LogP contribution in [0.15, 0.2) is 54.1 Å². The van der Waals surface area contributed by atoms with Gasteiger partial charge in [-0.3, -0.25) is 4.79 Å². The van der Waals surface area contributed by atoms with Gasteiger partial charge in [0.2, 0.25) is 0 Å². The molecule has 26 heavy (non-hydrogen) atoms. The quantitative estimate of drug-likeness (QED) is 0.624. The minimum atomic E-state index is -0.347. The van der Waals surface area contributed by atoms with Crippen molar-refractivity contribution in [2.24, 2.45) is 0 Å². The molecule has 0 bridgehead atoms. The zero-order valence-corrected chi connectivity index (χ0v) is 15.1. The summed E-state index contributed by atoms with van der Waals surface area (Å²) in [6.45, 7) is 4.04. The van der Waals surface area contributed by atoms with Gasteiger partial charge in [-0.2, -0.15) is 0 Å². The molecule has 136 valence electrons. The van der Waals surface area contributed by atoms with E-state index >= 15 is 0 Å². The van der Waals surface area contributed by atoms with Crippen molar-refractivity contribution in [3.8, 4) is 11.5 Å². The Hall–Kier alpha value is -2.75. The molecule has 1 aliphatic heterocycles. The lowest BCUT2D eigenvalue weighted by molar-refractivity contribution is -0.142. The van der Waals surface area contributed by atoms with Crippen molar-refractivity contribution in [3.63, 3.8) is 0 Å². The molecule has 0 radical (unpaired) electrons. The molecule has 2 unspecified atom stereocenters. The molecule has 2 aromatic rings. The van der Waals surface area contributed by atoms with Crippen LogP contribution in [0.3, 0.4) is 0 Å². The summed E-state index contributed by atoms with van der Waals surface area (Å²) in [5.41, 5.74) is 3.86. The molecule has 1 heterocycles. The third-order valence-corrected chi connectivity index (χ3v) is 4.71. The first kappa shape index (κ1) is 18.1. The van der Waals surface area contributed by atoms with Gasteiger partial charge < -0.3 is 14.9 Å². The first-order valence-electron chi connectivity index (χ1n) is 8.86. The fraction of sp³-hybridized carbons (Fsp3) is 0.318. The number of allylic oxidation sites excluding steroid dienone is 2. The minimum Gasteiger partial charge on any atom is -0.508 e. The monoisotopic (exact) mass is 352 g/mol. The van der Waals surface area contributed by atoms with Gasteiger partial charge in [-0.1, -0.05) is 35.9 Å². The zero-order valence-electron chi connectivity index (χ0n) is 15.1. The second-order valence-electron chi connectivity index (χ2n) is 7.09. The van der Waals surface area contributed by atoms with E-state index in [-0.39, 0.29) is 29.5 Å². The Morgan fingerprint density at radius 2 is 1.88 bits per heavy atom. The highest BCUT2D eigenvalue weighted by Crippen LogP contribution is 2.34. The fourth-order valence-corrected chi connectivity index (χ4v) is 3.23. The molecular formula is C22H24O4. The van der Waals surface area contributed by atoms with E-state index in [1.807, 2.05) is 38.1 Å². The Morgan fingerprint density at radius 1 is 1.15 bits per heavy atom. The maximum Gasteiger partial charge on any atom is 0.313 e. The summed E-state index contributed by atoms with van der Waals surface area (Å²) in [6.07, 6.45) is 3.75. The average molecular weight is 352 g/mol. The third-order valence-electron chi connectivity index (χ3n) is 4.71. The van der Waals surface area contributed by atoms with Crippen molar-refractivity contribution in [1.82, 2.24) is 0 Å². The number of phenolic OH excluding ortho intramolecular Hbond substituents is 2. The van der Waals surface area contributed by atoms with Crippen LogP contribution in [-0.2, 0) is 22.4 Å². The van der Waals surface area contributed by atoms with Crippen LogP contribution in [-0.4, -0.2) is 22.3 Å². The summed E-state index contributed by atoms with van der Waals surface area (Å²) >= 11 is 0. The van der Waals surface area contributed by atoms with Crippen molar-refractivity contribution >= 4 is 5.97 Å². The van der Waals surface area contributed by atoms with Crippen LogP contribution in [0.25, 0.3) is 0 Å². The van der Waals surface area contributed by atoms with Crippen LogP contribution < -0.4 is 0 Å². The Labute approximate surface area is 153 Å². The molecule has 2 aromatic carbocycles. The van der Waals surface area contributed by atoms with E-state index < -0.39 is 0 Å². The Bertz CT molecular complexity index is 817. The number of carbonyl (C=O) groups excluding carboxylic acids is 1. The molecule has 0 aliphatic carbocycles. The van der Waals surface area contributed by atoms with Gasteiger partial charge >= 0.3 is 5.97 Å². The van der Waals surface area contributed by atoms with E-state index in [0.29, 0.717) is 19.3 Å². The first-order chi connectivity index (χ1) is 12.4. The highest BCUT2D eigenvalue weighted by atomic mass is 16.5. The second-order valence-corrected chi connectivity index (χ2v) is 7.09. The first-order valence-corrected chi connectivity index (χ1v) is 8.86. The van der Waals surface area contributed by atoms with Gasteiger partial charge in [0, 0.05) is 12.8 Å². The summed E-state index contributed by atoms with van der Waals surface area (Å²) in [6, 6.07) is 12.4. The van der Waals surface area contributed by atoms with Crippen LogP contribution >= 0.6 is 0 Å². The third kappa shape index (κ3) is 4.26. The van der Waals surface area contributed by atoms with Crippen LogP contribution in [0, 0.1) is 0 Å². The largest absolute Gasteiger partial charge is 0.508 e. The van der Waals surface area contributed by atoms with Crippen LogP contribution in [0.1, 0.15) is 42.9 Å². The highest BCUT2D eigenvalue weighted by molar-refractivity contribution is 5.80. The molecular weight excluding hydrogens is 328 g/mol. The number of cyclic esters (lactones) is 1. The molecule has 0 amide bonds. The zero-order chi connectivity index (χ0) is 18.7. The lowest BCUT2D eigenvalue weighted by atomic mass is 9.92. The van der Waals surface area contributed by atoms with Gasteiger partial charge in [0.15, 0.2) is 0 Å². The van der Waals surface area contributed by atoms with Gasteiger partial charge in [-0.15, -0.1) is 0 Å². The SMILES string of the molecule is CC(C)=CCc1ccc(C2CC(Cc3ccc(O)cc3)OC2=O)cc1O. The summed E-state index contributed by atoms with van der Waals surface area (Å²) in [7, 11) is 0. The van der Waals surface area contributed by atoms with E-state index in [4.69, 9.17) is 4.74 Å². The molecule has 1 aliphatic rings. The summed E-state index contributed by atoms with van der Waals surface area (Å²) in [5, 5.41) is 19.6. The van der Waals surface area contributed by atoms with Gasteiger partial charge in [-0.25, -0.2) is 0 Å². The van der Waals surface area contributed by atoms with E-state index in [1.165, 1.54) is 5.57 Å². The van der Waals surface area contributed by atoms with E-state index in [0.717, 1.165) is 16.7 Å². The number of carbonyl (C=O) groups is 1. The van der Waals surface area contributed by atoms with E-state index in [1.54, 1.807) is 18.2 Å².